The van der Waals surface area contributed by atoms with Crippen molar-refractivity contribution in [1.82, 2.24) is 4.98 Å². The van der Waals surface area contributed by atoms with Crippen molar-refractivity contribution in [2.24, 2.45) is 0 Å². The highest BCUT2D eigenvalue weighted by molar-refractivity contribution is 7.92. The molecule has 0 saturated carbocycles. The van der Waals surface area contributed by atoms with E-state index in [1.54, 1.807) is 12.1 Å². The molecule has 0 aliphatic carbocycles. The van der Waals surface area contributed by atoms with E-state index in [9.17, 15) is 13.5 Å². The highest BCUT2D eigenvalue weighted by Gasteiger charge is 2.20. The van der Waals surface area contributed by atoms with Crippen LogP contribution in [-0.2, 0) is 10.0 Å². The van der Waals surface area contributed by atoms with Gasteiger partial charge in [0.15, 0.2) is 5.75 Å². The highest BCUT2D eigenvalue weighted by atomic mass is 35.5. The van der Waals surface area contributed by atoms with Gasteiger partial charge < -0.3 is 10.0 Å². The summed E-state index contributed by atoms with van der Waals surface area (Å²) in [5, 5.41) is 9.79. The number of phenolic OH excluding ortho intramolecular Hbond substituents is 1. The van der Waals surface area contributed by atoms with E-state index in [0.717, 1.165) is 18.9 Å². The summed E-state index contributed by atoms with van der Waals surface area (Å²) in [6, 6.07) is 7.51. The second-order valence-corrected chi connectivity index (χ2v) is 6.83. The third-order valence-corrected chi connectivity index (χ3v) is 5.04. The van der Waals surface area contributed by atoms with Crippen molar-refractivity contribution < 1.29 is 13.5 Å². The minimum atomic E-state index is -3.95. The number of nitrogens with one attached hydrogen (secondary N) is 1. The summed E-state index contributed by atoms with van der Waals surface area (Å²) < 4.78 is 27.1. The largest absolute Gasteiger partial charge is 0.505 e. The maximum atomic E-state index is 12.3. The van der Waals surface area contributed by atoms with Crippen molar-refractivity contribution >= 4 is 33.1 Å². The summed E-state index contributed by atoms with van der Waals surface area (Å²) in [5.74, 6) is 0.290. The molecule has 0 atom stereocenters. The van der Waals surface area contributed by atoms with Gasteiger partial charge in [-0.15, -0.1) is 0 Å². The van der Waals surface area contributed by atoms with Gasteiger partial charge in [-0.25, -0.2) is 13.4 Å². The normalized spacial score (nSPS) is 11.3. The second-order valence-electron chi connectivity index (χ2n) is 4.77. The van der Waals surface area contributed by atoms with E-state index in [2.05, 4.69) is 9.71 Å². The molecule has 6 nitrogen and oxygen atoms in total. The number of hydrogen-bond acceptors (Lipinski definition) is 5. The Hall–Kier alpha value is -1.99. The number of aromatic nitrogens is 1. The number of pyridine rings is 1. The molecule has 0 amide bonds. The zero-order valence-corrected chi connectivity index (χ0v) is 14.4. The lowest BCUT2D eigenvalue weighted by atomic mass is 10.3. The van der Waals surface area contributed by atoms with Crippen LogP contribution in [0.25, 0.3) is 0 Å². The molecular weight excluding hydrogens is 338 g/mol. The summed E-state index contributed by atoms with van der Waals surface area (Å²) in [6.07, 6.45) is 1.44. The third-order valence-electron chi connectivity index (χ3n) is 3.33. The van der Waals surface area contributed by atoms with Crippen molar-refractivity contribution in [3.05, 3.63) is 41.6 Å². The minimum absolute atomic E-state index is 0.0251. The van der Waals surface area contributed by atoms with Crippen molar-refractivity contribution in [2.75, 3.05) is 22.7 Å². The van der Waals surface area contributed by atoms with Gasteiger partial charge in [-0.2, -0.15) is 0 Å². The minimum Gasteiger partial charge on any atom is -0.505 e. The van der Waals surface area contributed by atoms with Gasteiger partial charge in [-0.3, -0.25) is 4.72 Å². The summed E-state index contributed by atoms with van der Waals surface area (Å²) in [5.41, 5.74) is 0.306. The summed E-state index contributed by atoms with van der Waals surface area (Å²) >= 11 is 5.75. The lowest BCUT2D eigenvalue weighted by molar-refractivity contribution is 0.459. The van der Waals surface area contributed by atoms with E-state index < -0.39 is 15.8 Å². The Morgan fingerprint density at radius 1 is 1.22 bits per heavy atom. The van der Waals surface area contributed by atoms with Gasteiger partial charge in [0.2, 0.25) is 0 Å². The molecule has 0 aliphatic heterocycles. The van der Waals surface area contributed by atoms with E-state index in [4.69, 9.17) is 11.6 Å². The van der Waals surface area contributed by atoms with Crippen LogP contribution in [0.4, 0.5) is 11.5 Å². The molecule has 1 aromatic heterocycles. The smallest absolute Gasteiger partial charge is 0.265 e. The van der Waals surface area contributed by atoms with Crippen LogP contribution in [0.15, 0.2) is 41.4 Å². The maximum absolute atomic E-state index is 12.3. The molecule has 2 rings (SSSR count). The van der Waals surface area contributed by atoms with Gasteiger partial charge in [0.1, 0.15) is 10.7 Å². The average molecular weight is 356 g/mol. The number of aromatic hydroxyl groups is 1. The number of hydrogen-bond donors (Lipinski definition) is 2. The zero-order chi connectivity index (χ0) is 17.0. The zero-order valence-electron chi connectivity index (χ0n) is 12.8. The van der Waals surface area contributed by atoms with Crippen LogP contribution in [0.5, 0.6) is 5.75 Å². The van der Waals surface area contributed by atoms with Gasteiger partial charge in [-0.05, 0) is 38.1 Å². The molecule has 0 spiro atoms. The summed E-state index contributed by atoms with van der Waals surface area (Å²) in [4.78, 5) is 6.01. The van der Waals surface area contributed by atoms with Crippen LogP contribution in [0.1, 0.15) is 13.8 Å². The maximum Gasteiger partial charge on any atom is 0.265 e. The predicted octanol–water partition coefficient (Wildman–Crippen LogP) is 3.09. The van der Waals surface area contributed by atoms with Crippen molar-refractivity contribution in [3.8, 4) is 5.75 Å². The fraction of sp³-hybridized carbons (Fsp3) is 0.267. The second kappa shape index (κ2) is 7.06. The molecule has 2 N–H and O–H groups in total. The molecule has 8 heteroatoms. The van der Waals surface area contributed by atoms with Crippen LogP contribution in [-0.4, -0.2) is 31.6 Å². The first-order valence-corrected chi connectivity index (χ1v) is 8.96. The van der Waals surface area contributed by atoms with Crippen LogP contribution in [0.2, 0.25) is 5.02 Å². The fourth-order valence-corrected chi connectivity index (χ4v) is 3.50. The lowest BCUT2D eigenvalue weighted by Crippen LogP contribution is -2.23. The van der Waals surface area contributed by atoms with E-state index in [1.165, 1.54) is 24.4 Å². The first-order chi connectivity index (χ1) is 10.9. The van der Waals surface area contributed by atoms with Gasteiger partial charge in [-0.1, -0.05) is 17.7 Å². The van der Waals surface area contributed by atoms with Crippen LogP contribution >= 0.6 is 11.6 Å². The monoisotopic (exact) mass is 355 g/mol. The van der Waals surface area contributed by atoms with Crippen molar-refractivity contribution in [1.29, 1.82) is 0 Å². The van der Waals surface area contributed by atoms with Gasteiger partial charge in [0.25, 0.3) is 10.0 Å². The van der Waals surface area contributed by atoms with Crippen LogP contribution in [0.3, 0.4) is 0 Å². The third kappa shape index (κ3) is 3.86. The number of nitrogens with zero attached hydrogens (tertiary/aromatic N) is 2. The first-order valence-electron chi connectivity index (χ1n) is 7.10. The quantitative estimate of drug-likeness (QED) is 0.832. The lowest BCUT2D eigenvalue weighted by Gasteiger charge is -2.19. The highest BCUT2D eigenvalue weighted by Crippen LogP contribution is 2.31. The number of benzene rings is 1. The molecular formula is C15H18ClN3O3S. The number of rotatable bonds is 6. The first kappa shape index (κ1) is 17.4. The molecule has 1 aromatic carbocycles. The van der Waals surface area contributed by atoms with Crippen LogP contribution in [0, 0.1) is 0 Å². The van der Waals surface area contributed by atoms with E-state index in [1.807, 2.05) is 18.7 Å². The standard InChI is InChI=1S/C15H18ClN3O3S/c1-3-19(4-2)14-9-8-11(10-17-14)18-23(21,22)13-7-5-6-12(16)15(13)20/h5-10,18,20H,3-4H2,1-2H3. The molecule has 0 radical (unpaired) electrons. The fourth-order valence-electron chi connectivity index (χ4n) is 2.10. The van der Waals surface area contributed by atoms with Gasteiger partial charge >= 0.3 is 0 Å². The van der Waals surface area contributed by atoms with E-state index in [-0.39, 0.29) is 9.92 Å². The van der Waals surface area contributed by atoms with E-state index in [0.29, 0.717) is 5.69 Å². The molecule has 1 heterocycles. The number of sulfonamides is 1. The van der Waals surface area contributed by atoms with Crippen molar-refractivity contribution in [2.45, 2.75) is 18.7 Å². The molecule has 0 bridgehead atoms. The Kier molecular flexibility index (Phi) is 5.33. The number of phenols is 1. The topological polar surface area (TPSA) is 82.5 Å². The average Bonchev–Trinajstić information content (AvgIpc) is 2.52. The van der Waals surface area contributed by atoms with Crippen molar-refractivity contribution in [3.63, 3.8) is 0 Å². The Morgan fingerprint density at radius 3 is 2.48 bits per heavy atom. The number of anilines is 2. The molecule has 0 aliphatic rings. The number of para-hydroxylation sites is 1. The molecule has 0 unspecified atom stereocenters. The molecule has 0 fully saturated rings. The summed E-state index contributed by atoms with van der Waals surface area (Å²) in [6.45, 7) is 5.66. The predicted molar refractivity (Wildman–Crippen MR) is 91.7 cm³/mol. The molecule has 23 heavy (non-hydrogen) atoms. The van der Waals surface area contributed by atoms with Crippen LogP contribution < -0.4 is 9.62 Å². The van der Waals surface area contributed by atoms with Gasteiger partial charge in [0.05, 0.1) is 16.9 Å². The Balaban J connectivity index is 2.26. The molecule has 124 valence electrons. The molecule has 2 aromatic rings. The Labute approximate surface area is 140 Å². The van der Waals surface area contributed by atoms with E-state index >= 15 is 0 Å². The SMILES string of the molecule is CCN(CC)c1ccc(NS(=O)(=O)c2cccc(Cl)c2O)cn1. The Bertz CT molecular complexity index is 775. The van der Waals surface area contributed by atoms with Gasteiger partial charge in [0, 0.05) is 13.1 Å². The Morgan fingerprint density at radius 2 is 1.91 bits per heavy atom. The number of halogens is 1. The molecule has 0 saturated heterocycles. The summed E-state index contributed by atoms with van der Waals surface area (Å²) in [7, 11) is -3.95.